The molecule has 0 saturated carbocycles. The van der Waals surface area contributed by atoms with Crippen molar-refractivity contribution in [2.24, 2.45) is 0 Å². The second-order valence-corrected chi connectivity index (χ2v) is 17.2. The van der Waals surface area contributed by atoms with Crippen molar-refractivity contribution in [1.82, 2.24) is 0 Å². The summed E-state index contributed by atoms with van der Waals surface area (Å²) in [5.74, 6) is -0.194. The number of alkyl halides is 6. The van der Waals surface area contributed by atoms with Gasteiger partial charge in [-0.2, -0.15) is 34.8 Å². The molecule has 0 fully saturated rings. The van der Waals surface area contributed by atoms with E-state index in [-0.39, 0.29) is 53.2 Å². The molecule has 0 bridgehead atoms. The zero-order chi connectivity index (χ0) is 48.1. The lowest BCUT2D eigenvalue weighted by molar-refractivity contribution is -0.288. The number of rotatable bonds is 16. The van der Waals surface area contributed by atoms with Crippen molar-refractivity contribution in [1.29, 1.82) is 0 Å². The zero-order valence-corrected chi connectivity index (χ0v) is 36.5. The maximum absolute atomic E-state index is 14.9. The summed E-state index contributed by atoms with van der Waals surface area (Å²) in [6.45, 7) is 3.80. The molecule has 0 atom stereocenters. The number of ketones is 2. The molecule has 0 heterocycles. The molecule has 67 heavy (non-hydrogen) atoms. The van der Waals surface area contributed by atoms with Gasteiger partial charge in [0.05, 0.1) is 12.4 Å². The fraction of sp³-hybridized carbons (Fsp3) is 0.154. The van der Waals surface area contributed by atoms with Crippen molar-refractivity contribution >= 4 is 21.7 Å². The van der Waals surface area contributed by atoms with Crippen molar-refractivity contribution in [2.75, 3.05) is 12.4 Å². The Kier molecular flexibility index (Phi) is 13.8. The summed E-state index contributed by atoms with van der Waals surface area (Å²) < 4.78 is 138. The molecule has 0 amide bonds. The molecular weight excluding hydrogens is 899 g/mol. The lowest BCUT2D eigenvalue weighted by Gasteiger charge is -2.38. The van der Waals surface area contributed by atoms with Crippen LogP contribution in [0.5, 0.6) is 28.7 Å². The standard InChI is InChI=1S/C52H40F6O8S/c1-33-4-7-36(8-5-33)48(59)38-14-22-43(23-15-38)65-45-26-18-41(19-27-45)50(51(53,54)55,52(56,57)58)42-20-28-46(29-21-42)66-44-24-16-39(17-25-44)49(60)37-12-10-35(11-13-37)40-9-6-34(2)47(32-40)64-30-3-31-67(61,62)63/h4-29,32H,3,30-31H2,1-2H3,(H,61,62,63). The Morgan fingerprint density at radius 3 is 1.25 bits per heavy atom. The van der Waals surface area contributed by atoms with Crippen molar-refractivity contribution in [3.05, 3.63) is 208 Å². The van der Waals surface area contributed by atoms with Crippen LogP contribution in [0.2, 0.25) is 0 Å². The molecule has 7 aromatic rings. The lowest BCUT2D eigenvalue weighted by atomic mass is 9.73. The predicted molar refractivity (Wildman–Crippen MR) is 240 cm³/mol. The fourth-order valence-electron chi connectivity index (χ4n) is 7.36. The summed E-state index contributed by atoms with van der Waals surface area (Å²) in [5, 5.41) is 0. The summed E-state index contributed by atoms with van der Waals surface area (Å²) >= 11 is 0. The van der Waals surface area contributed by atoms with E-state index in [1.807, 2.05) is 26.0 Å². The largest absolute Gasteiger partial charge is 0.493 e. The number of carbonyl (C=O) groups is 2. The van der Waals surface area contributed by atoms with Gasteiger partial charge in [0.15, 0.2) is 11.6 Å². The SMILES string of the molecule is Cc1ccc(C(=O)c2ccc(Oc3ccc(C(c4ccc(Oc5ccc(C(=O)c6ccc(-c7ccc(C)c(OCCCS(=O)(=O)O)c7)cc6)cc5)cc4)(C(F)(F)F)C(F)(F)F)cc3)cc2)cc1. The molecular formula is C52H40F6O8S. The molecule has 0 saturated heterocycles. The first-order chi connectivity index (χ1) is 31.7. The van der Waals surface area contributed by atoms with Crippen LogP contribution in [0.3, 0.4) is 0 Å². The van der Waals surface area contributed by atoms with Crippen LogP contribution in [0.4, 0.5) is 26.3 Å². The second-order valence-electron chi connectivity index (χ2n) is 15.6. The van der Waals surface area contributed by atoms with E-state index in [1.54, 1.807) is 54.6 Å². The molecule has 0 radical (unpaired) electrons. The number of carbonyl (C=O) groups excluding carboxylic acids is 2. The monoisotopic (exact) mass is 938 g/mol. The smallest absolute Gasteiger partial charge is 0.411 e. The lowest BCUT2D eigenvalue weighted by Crippen LogP contribution is -2.54. The van der Waals surface area contributed by atoms with Crippen LogP contribution in [0.25, 0.3) is 11.1 Å². The topological polar surface area (TPSA) is 116 Å². The molecule has 0 aliphatic heterocycles. The van der Waals surface area contributed by atoms with Gasteiger partial charge in [-0.05, 0) is 127 Å². The zero-order valence-electron chi connectivity index (χ0n) is 35.7. The van der Waals surface area contributed by atoms with Crippen LogP contribution in [0.1, 0.15) is 60.5 Å². The summed E-state index contributed by atoms with van der Waals surface area (Å²) in [5.41, 5.74) is -1.80. The van der Waals surface area contributed by atoms with E-state index >= 15 is 0 Å². The van der Waals surface area contributed by atoms with Gasteiger partial charge in [0.2, 0.25) is 5.41 Å². The Bertz CT molecular complexity index is 2950. The summed E-state index contributed by atoms with van der Waals surface area (Å²) in [6.07, 6.45) is -11.6. The quantitative estimate of drug-likeness (QED) is 0.0441. The van der Waals surface area contributed by atoms with E-state index in [1.165, 1.54) is 48.5 Å². The highest BCUT2D eigenvalue weighted by atomic mass is 32.2. The molecule has 0 spiro atoms. The van der Waals surface area contributed by atoms with Gasteiger partial charge in [0.1, 0.15) is 28.7 Å². The molecule has 344 valence electrons. The molecule has 0 aliphatic rings. The molecule has 0 aliphatic carbocycles. The van der Waals surface area contributed by atoms with Gasteiger partial charge in [0.25, 0.3) is 10.1 Å². The minimum Gasteiger partial charge on any atom is -0.493 e. The Balaban J connectivity index is 1.02. The summed E-state index contributed by atoms with van der Waals surface area (Å²) in [6, 6.07) is 37.9. The minimum atomic E-state index is -5.84. The van der Waals surface area contributed by atoms with Gasteiger partial charge in [-0.1, -0.05) is 90.5 Å². The third-order valence-corrected chi connectivity index (χ3v) is 11.7. The average molecular weight is 939 g/mol. The van der Waals surface area contributed by atoms with E-state index < -0.39 is 44.8 Å². The molecule has 0 unspecified atom stereocenters. The molecule has 8 nitrogen and oxygen atoms in total. The maximum Gasteiger partial charge on any atom is 0.411 e. The first kappa shape index (κ1) is 47.7. The molecule has 7 rings (SSSR count). The van der Waals surface area contributed by atoms with Gasteiger partial charge < -0.3 is 14.2 Å². The Morgan fingerprint density at radius 2 is 0.866 bits per heavy atom. The highest BCUT2D eigenvalue weighted by molar-refractivity contribution is 7.85. The Labute approximate surface area is 382 Å². The van der Waals surface area contributed by atoms with Crippen LogP contribution in [0, 0.1) is 13.8 Å². The van der Waals surface area contributed by atoms with E-state index in [2.05, 4.69) is 0 Å². The number of halogens is 6. The van der Waals surface area contributed by atoms with Crippen molar-refractivity contribution in [2.45, 2.75) is 38.0 Å². The highest BCUT2D eigenvalue weighted by Gasteiger charge is 2.72. The van der Waals surface area contributed by atoms with Crippen molar-refractivity contribution in [3.63, 3.8) is 0 Å². The van der Waals surface area contributed by atoms with Crippen molar-refractivity contribution < 1.29 is 63.1 Å². The van der Waals surface area contributed by atoms with Crippen LogP contribution in [-0.4, -0.2) is 49.2 Å². The molecule has 1 N–H and O–H groups in total. The number of aryl methyl sites for hydroxylation is 2. The number of hydrogen-bond acceptors (Lipinski definition) is 7. The molecule has 15 heteroatoms. The third-order valence-electron chi connectivity index (χ3n) is 10.9. The number of benzene rings is 7. The maximum atomic E-state index is 14.9. The first-order valence-corrected chi connectivity index (χ1v) is 22.2. The minimum absolute atomic E-state index is 0.0367. The Morgan fingerprint density at radius 1 is 0.507 bits per heavy atom. The predicted octanol–water partition coefficient (Wildman–Crippen LogP) is 13.1. The van der Waals surface area contributed by atoms with Gasteiger partial charge >= 0.3 is 12.4 Å². The second kappa shape index (κ2) is 19.3. The van der Waals surface area contributed by atoms with Crippen LogP contribution in [0.15, 0.2) is 164 Å². The normalized spacial score (nSPS) is 12.1. The van der Waals surface area contributed by atoms with Gasteiger partial charge in [-0.3, -0.25) is 14.1 Å². The summed E-state index contributed by atoms with van der Waals surface area (Å²) in [7, 11) is -4.10. The first-order valence-electron chi connectivity index (χ1n) is 20.6. The van der Waals surface area contributed by atoms with Crippen molar-refractivity contribution in [3.8, 4) is 39.9 Å². The van der Waals surface area contributed by atoms with E-state index in [0.717, 1.165) is 46.5 Å². The number of ether oxygens (including phenoxy) is 3. The summed E-state index contributed by atoms with van der Waals surface area (Å²) in [4.78, 5) is 26.2. The van der Waals surface area contributed by atoms with Gasteiger partial charge in [-0.25, -0.2) is 0 Å². The average Bonchev–Trinajstić information content (AvgIpc) is 3.29. The fourth-order valence-corrected chi connectivity index (χ4v) is 7.84. The third kappa shape index (κ3) is 10.9. The number of hydrogen-bond donors (Lipinski definition) is 1. The van der Waals surface area contributed by atoms with Gasteiger partial charge in [0, 0.05) is 22.3 Å². The Hall–Kier alpha value is -7.23. The van der Waals surface area contributed by atoms with Gasteiger partial charge in [-0.15, -0.1) is 0 Å². The van der Waals surface area contributed by atoms with Crippen LogP contribution >= 0.6 is 0 Å². The highest BCUT2D eigenvalue weighted by Crippen LogP contribution is 2.56. The van der Waals surface area contributed by atoms with E-state index in [9.17, 15) is 44.3 Å². The molecule has 0 aromatic heterocycles. The van der Waals surface area contributed by atoms with Crippen LogP contribution in [-0.2, 0) is 15.5 Å². The van der Waals surface area contributed by atoms with E-state index in [0.29, 0.717) is 46.7 Å². The van der Waals surface area contributed by atoms with Crippen LogP contribution < -0.4 is 14.2 Å². The van der Waals surface area contributed by atoms with E-state index in [4.69, 9.17) is 18.8 Å². The molecule has 7 aromatic carbocycles.